The molecule has 0 saturated heterocycles. The van der Waals surface area contributed by atoms with Gasteiger partial charge in [0.25, 0.3) is 0 Å². The normalized spacial score (nSPS) is 10.2. The molecular formula is C41H44Cl2Zr-4. The molecule has 6 aromatic rings. The Kier molecular flexibility index (Phi) is 17.9. The topological polar surface area (TPSA) is 0 Å². The van der Waals surface area contributed by atoms with Crippen LogP contribution in [0.25, 0.3) is 43.8 Å². The maximum Gasteiger partial charge on any atom is 2.00 e. The predicted molar refractivity (Wildman–Crippen MR) is 182 cm³/mol. The minimum absolute atomic E-state index is 0. The minimum Gasteiger partial charge on any atom is -1.00 e. The van der Waals surface area contributed by atoms with Crippen LogP contribution in [0.5, 0.6) is 0 Å². The Balaban J connectivity index is 0.000000380. The van der Waals surface area contributed by atoms with Gasteiger partial charge in [0.2, 0.25) is 0 Å². The Labute approximate surface area is 298 Å². The van der Waals surface area contributed by atoms with Crippen LogP contribution in [0.2, 0.25) is 0 Å². The van der Waals surface area contributed by atoms with Crippen LogP contribution < -0.4 is 24.8 Å². The Morgan fingerprint density at radius 1 is 0.523 bits per heavy atom. The number of halogens is 2. The van der Waals surface area contributed by atoms with E-state index in [1.165, 1.54) is 54.9 Å². The summed E-state index contributed by atoms with van der Waals surface area (Å²) in [6, 6.07) is 43.9. The SMILES string of the molecule is CC(C)Cc1cc2c(-c3ccccc3)cccc2[cH-]1.CC(C)Cc1cc2c(-c3ccccc3)cccc2[cH-]1.[CH2-]C[CH2-].[Cl-].[Cl-].[Zr+2]. The molecular weight excluding hydrogens is 655 g/mol. The summed E-state index contributed by atoms with van der Waals surface area (Å²) in [5.74, 6) is 1.41. The molecule has 0 heterocycles. The molecule has 0 saturated carbocycles. The fourth-order valence-electron chi connectivity index (χ4n) is 5.51. The molecule has 6 aromatic carbocycles. The summed E-state index contributed by atoms with van der Waals surface area (Å²) in [5.41, 5.74) is 8.19. The molecule has 0 amide bonds. The van der Waals surface area contributed by atoms with Crippen LogP contribution >= 0.6 is 0 Å². The van der Waals surface area contributed by atoms with Gasteiger partial charge in [0.05, 0.1) is 0 Å². The predicted octanol–water partition coefficient (Wildman–Crippen LogP) is 5.90. The Hall–Kier alpha value is -2.44. The van der Waals surface area contributed by atoms with E-state index in [9.17, 15) is 0 Å². The van der Waals surface area contributed by atoms with E-state index >= 15 is 0 Å². The summed E-state index contributed by atoms with van der Waals surface area (Å²) in [5, 5.41) is 5.47. The summed E-state index contributed by atoms with van der Waals surface area (Å²) >= 11 is 0. The minimum atomic E-state index is 0. The monoisotopic (exact) mass is 696 g/mol. The molecule has 3 heteroatoms. The Bertz CT molecular complexity index is 1500. The van der Waals surface area contributed by atoms with E-state index in [2.05, 4.69) is 163 Å². The van der Waals surface area contributed by atoms with Gasteiger partial charge in [-0.25, -0.2) is 0 Å². The van der Waals surface area contributed by atoms with Crippen molar-refractivity contribution in [2.24, 2.45) is 11.8 Å². The molecule has 0 aliphatic heterocycles. The molecule has 0 bridgehead atoms. The summed E-state index contributed by atoms with van der Waals surface area (Å²) in [7, 11) is 0. The summed E-state index contributed by atoms with van der Waals surface area (Å²) in [4.78, 5) is 0. The van der Waals surface area contributed by atoms with Crippen molar-refractivity contribution in [1.29, 1.82) is 0 Å². The van der Waals surface area contributed by atoms with Gasteiger partial charge in [-0.2, -0.15) is 12.1 Å². The second kappa shape index (κ2) is 19.8. The van der Waals surface area contributed by atoms with Gasteiger partial charge < -0.3 is 45.1 Å². The second-order valence-corrected chi connectivity index (χ2v) is 11.6. The quantitative estimate of drug-likeness (QED) is 0.190. The first-order valence-electron chi connectivity index (χ1n) is 15.0. The van der Waals surface area contributed by atoms with Crippen molar-refractivity contribution in [3.63, 3.8) is 0 Å². The number of rotatable bonds is 6. The van der Waals surface area contributed by atoms with Crippen LogP contribution in [0.3, 0.4) is 0 Å². The Morgan fingerprint density at radius 3 is 1.18 bits per heavy atom. The molecule has 44 heavy (non-hydrogen) atoms. The second-order valence-electron chi connectivity index (χ2n) is 11.6. The first-order valence-corrected chi connectivity index (χ1v) is 15.0. The smallest absolute Gasteiger partial charge is 1.00 e. The number of fused-ring (bicyclic) bond motifs is 2. The summed E-state index contributed by atoms with van der Waals surface area (Å²) in [6.07, 6.45) is 3.06. The zero-order chi connectivity index (χ0) is 29.2. The third-order valence-electron chi connectivity index (χ3n) is 7.08. The van der Waals surface area contributed by atoms with Crippen molar-refractivity contribution >= 4 is 21.5 Å². The van der Waals surface area contributed by atoms with E-state index in [1.54, 1.807) is 0 Å². The molecule has 0 radical (unpaired) electrons. The molecule has 0 aliphatic carbocycles. The van der Waals surface area contributed by atoms with Gasteiger partial charge >= 0.3 is 26.2 Å². The van der Waals surface area contributed by atoms with Gasteiger partial charge in [-0.15, -0.1) is 69.1 Å². The number of hydrogen-bond acceptors (Lipinski definition) is 0. The van der Waals surface area contributed by atoms with Crippen LogP contribution in [0.4, 0.5) is 0 Å². The van der Waals surface area contributed by atoms with Gasteiger partial charge in [0.15, 0.2) is 0 Å². The van der Waals surface area contributed by atoms with E-state index in [1.807, 2.05) is 0 Å². The fourth-order valence-corrected chi connectivity index (χ4v) is 5.51. The van der Waals surface area contributed by atoms with Gasteiger partial charge in [0.1, 0.15) is 0 Å². The molecule has 0 aliphatic rings. The molecule has 0 fully saturated rings. The molecule has 6 rings (SSSR count). The zero-order valence-corrected chi connectivity index (χ0v) is 30.5. The molecule has 0 N–H and O–H groups in total. The summed E-state index contributed by atoms with van der Waals surface area (Å²) in [6.45, 7) is 15.8. The van der Waals surface area contributed by atoms with Crippen LogP contribution in [-0.2, 0) is 39.0 Å². The molecule has 0 atom stereocenters. The maximum absolute atomic E-state index is 3.38. The van der Waals surface area contributed by atoms with E-state index in [0.29, 0.717) is 11.8 Å². The third-order valence-corrected chi connectivity index (χ3v) is 7.08. The van der Waals surface area contributed by atoms with Crippen molar-refractivity contribution in [3.05, 3.63) is 146 Å². The van der Waals surface area contributed by atoms with Crippen LogP contribution in [0.15, 0.2) is 121 Å². The van der Waals surface area contributed by atoms with E-state index < -0.39 is 0 Å². The molecule has 0 unspecified atom stereocenters. The van der Waals surface area contributed by atoms with E-state index in [4.69, 9.17) is 0 Å². The molecule has 0 spiro atoms. The van der Waals surface area contributed by atoms with E-state index in [0.717, 1.165) is 19.3 Å². The van der Waals surface area contributed by atoms with Crippen molar-refractivity contribution < 1.29 is 51.0 Å². The van der Waals surface area contributed by atoms with Crippen molar-refractivity contribution in [3.8, 4) is 22.3 Å². The number of hydrogen-bond donors (Lipinski definition) is 0. The number of benzene rings is 4. The van der Waals surface area contributed by atoms with Gasteiger partial charge in [-0.3, -0.25) is 0 Å². The Morgan fingerprint density at radius 2 is 0.864 bits per heavy atom. The van der Waals surface area contributed by atoms with Gasteiger partial charge in [-0.05, 0) is 35.8 Å². The third kappa shape index (κ3) is 10.9. The summed E-state index contributed by atoms with van der Waals surface area (Å²) < 4.78 is 0. The van der Waals surface area contributed by atoms with Crippen molar-refractivity contribution in [2.75, 3.05) is 0 Å². The molecule has 230 valence electrons. The zero-order valence-electron chi connectivity index (χ0n) is 26.5. The average Bonchev–Trinajstić information content (AvgIpc) is 3.56. The average molecular weight is 699 g/mol. The van der Waals surface area contributed by atoms with E-state index in [-0.39, 0.29) is 51.0 Å². The van der Waals surface area contributed by atoms with Crippen molar-refractivity contribution in [2.45, 2.75) is 47.0 Å². The molecule has 0 aromatic heterocycles. The molecule has 0 nitrogen and oxygen atoms in total. The maximum atomic E-state index is 3.38. The van der Waals surface area contributed by atoms with Gasteiger partial charge in [-0.1, -0.05) is 112 Å². The largest absolute Gasteiger partial charge is 2.00 e. The van der Waals surface area contributed by atoms with Crippen LogP contribution in [0, 0.1) is 25.7 Å². The fraction of sp³-hybridized carbons (Fsp3) is 0.220. The van der Waals surface area contributed by atoms with Crippen LogP contribution in [0.1, 0.15) is 45.2 Å². The standard InChI is InChI=1S/2C19H19.C3H6.2ClH.Zr/c2*1-14(2)11-15-12-17-9-6-10-18(19(17)13-15)16-7-4-3-5-8-16;1-3-2;;;/h2*3-10,12-14H,11H2,1-2H3;1-3H2;2*1H;/q2*-1;-2;;;+2/p-2. The van der Waals surface area contributed by atoms with Crippen LogP contribution in [-0.4, -0.2) is 0 Å². The van der Waals surface area contributed by atoms with Gasteiger partial charge in [0, 0.05) is 0 Å². The first kappa shape index (κ1) is 39.6. The van der Waals surface area contributed by atoms with Crippen molar-refractivity contribution in [1.82, 2.24) is 0 Å². The first-order chi connectivity index (χ1) is 19.9.